The lowest BCUT2D eigenvalue weighted by atomic mass is 10.0. The second kappa shape index (κ2) is 13.6. The molecule has 2 aliphatic heterocycles. The Labute approximate surface area is 272 Å². The molecule has 5 rings (SSSR count). The highest BCUT2D eigenvalue weighted by molar-refractivity contribution is 7.59. The fourth-order valence-electron chi connectivity index (χ4n) is 5.54. The molecule has 11 heteroatoms. The third-order valence-corrected chi connectivity index (χ3v) is 7.68. The maximum atomic E-state index is 12.9. The summed E-state index contributed by atoms with van der Waals surface area (Å²) in [4.78, 5) is 49.3. The van der Waals surface area contributed by atoms with Gasteiger partial charge in [-0.3, -0.25) is 9.69 Å². The van der Waals surface area contributed by atoms with Crippen molar-refractivity contribution in [2.45, 2.75) is 78.0 Å². The molecule has 45 heavy (non-hydrogen) atoms. The van der Waals surface area contributed by atoms with Gasteiger partial charge >= 0.3 is 12.2 Å². The van der Waals surface area contributed by atoms with Crippen LogP contribution in [0.5, 0.6) is 0 Å². The average Bonchev–Trinajstić information content (AvgIpc) is 3.72. The van der Waals surface area contributed by atoms with E-state index in [0.29, 0.717) is 31.7 Å². The van der Waals surface area contributed by atoms with Gasteiger partial charge in [-0.25, -0.2) is 14.6 Å². The van der Waals surface area contributed by atoms with Gasteiger partial charge in [0.1, 0.15) is 17.0 Å². The number of imidazole rings is 1. The van der Waals surface area contributed by atoms with Gasteiger partial charge in [0.15, 0.2) is 0 Å². The van der Waals surface area contributed by atoms with Gasteiger partial charge in [0, 0.05) is 25.3 Å². The summed E-state index contributed by atoms with van der Waals surface area (Å²) >= 11 is 0. The number of nitrogens with zero attached hydrogens (tertiary/aromatic N) is 3. The molecule has 2 N–H and O–H groups in total. The Kier molecular flexibility index (Phi) is 10.2. The zero-order chi connectivity index (χ0) is 31.6. The number of carbonyl (C=O) groups excluding carboxylic acids is 3. The Morgan fingerprint density at radius 1 is 0.822 bits per heavy atom. The number of likely N-dealkylation sites (tertiary alicyclic amines) is 2. The van der Waals surface area contributed by atoms with Crippen molar-refractivity contribution in [1.82, 2.24) is 19.8 Å². The number of amides is 3. The predicted octanol–water partition coefficient (Wildman–Crippen LogP) is 7.12. The van der Waals surface area contributed by atoms with Crippen molar-refractivity contribution in [2.24, 2.45) is 5.92 Å². The summed E-state index contributed by atoms with van der Waals surface area (Å²) < 4.78 is 11.0. The van der Waals surface area contributed by atoms with E-state index in [1.807, 2.05) is 84.1 Å². The van der Waals surface area contributed by atoms with Crippen LogP contribution in [-0.2, 0) is 14.3 Å². The lowest BCUT2D eigenvalue weighted by molar-refractivity contribution is -0.119. The Balaban J connectivity index is 0.00000461. The number of benzene rings is 2. The van der Waals surface area contributed by atoms with E-state index in [9.17, 15) is 14.4 Å². The van der Waals surface area contributed by atoms with Gasteiger partial charge in [0.05, 0.1) is 23.9 Å². The number of nitrogens with one attached hydrogen (secondary N) is 2. The highest BCUT2D eigenvalue weighted by Crippen LogP contribution is 2.33. The topological polar surface area (TPSA) is 117 Å². The van der Waals surface area contributed by atoms with E-state index in [-0.39, 0.29) is 43.5 Å². The SMILES string of the molecule is CC(C)(C)OC(=O)N1CCC(C(=O)Nc2ccc(-c3ccc(-c4cnc([C@@H]5CCCN5C(=O)OC(C)(C)C)[nH]4)cc3)cc2)C1.S. The standard InChI is InChI=1S/C34H43N5O5.H2S/c1-33(2,3)43-31(41)38-19-17-25(21-38)30(40)36-26-15-13-23(14-16-26)22-9-11-24(12-10-22)27-20-35-29(37-27)28-8-7-18-39(28)32(42)44-34(4,5)6;/h9-16,20,25,28H,7-8,17-19,21H2,1-6H3,(H,35,37)(H,36,40);1H2/t25?,28-;/m0./s1. The second-order valence-electron chi connectivity index (χ2n) is 13.6. The van der Waals surface area contributed by atoms with E-state index in [1.165, 1.54) is 0 Å². The minimum absolute atomic E-state index is 0. The molecule has 1 aromatic heterocycles. The largest absolute Gasteiger partial charge is 0.444 e. The molecule has 242 valence electrons. The molecular weight excluding hydrogens is 590 g/mol. The Hall–Kier alpha value is -3.99. The van der Waals surface area contributed by atoms with E-state index >= 15 is 0 Å². The molecule has 2 atom stereocenters. The molecule has 3 heterocycles. The van der Waals surface area contributed by atoms with Gasteiger partial charge in [-0.2, -0.15) is 13.5 Å². The monoisotopic (exact) mass is 635 g/mol. The van der Waals surface area contributed by atoms with Crippen molar-refractivity contribution < 1.29 is 23.9 Å². The van der Waals surface area contributed by atoms with Crippen LogP contribution in [-0.4, -0.2) is 68.7 Å². The van der Waals surface area contributed by atoms with Gasteiger partial charge < -0.3 is 24.7 Å². The van der Waals surface area contributed by atoms with E-state index in [0.717, 1.165) is 41.1 Å². The van der Waals surface area contributed by atoms with Gasteiger partial charge in [0.2, 0.25) is 5.91 Å². The molecule has 0 bridgehead atoms. The normalized spacial score (nSPS) is 18.4. The Morgan fingerprint density at radius 2 is 1.40 bits per heavy atom. The molecule has 10 nitrogen and oxygen atoms in total. The molecule has 2 fully saturated rings. The smallest absolute Gasteiger partial charge is 0.410 e. The quantitative estimate of drug-likeness (QED) is 0.308. The first kappa shape index (κ1) is 33.9. The van der Waals surface area contributed by atoms with Crippen molar-refractivity contribution in [2.75, 3.05) is 25.0 Å². The van der Waals surface area contributed by atoms with Gasteiger partial charge in [0.25, 0.3) is 0 Å². The third kappa shape index (κ3) is 8.59. The summed E-state index contributed by atoms with van der Waals surface area (Å²) in [6.07, 6.45) is 3.48. The number of anilines is 1. The van der Waals surface area contributed by atoms with Crippen LogP contribution in [0, 0.1) is 5.92 Å². The first-order valence-electron chi connectivity index (χ1n) is 15.3. The van der Waals surface area contributed by atoms with Crippen LogP contribution in [0.4, 0.5) is 15.3 Å². The number of carbonyl (C=O) groups is 3. The first-order chi connectivity index (χ1) is 20.8. The number of aromatic nitrogens is 2. The van der Waals surface area contributed by atoms with Crippen molar-refractivity contribution in [3.05, 3.63) is 60.6 Å². The van der Waals surface area contributed by atoms with Crippen LogP contribution >= 0.6 is 13.5 Å². The molecule has 0 saturated carbocycles. The Morgan fingerprint density at radius 3 is 2.02 bits per heavy atom. The lowest BCUT2D eigenvalue weighted by Crippen LogP contribution is -2.36. The number of H-pyrrole nitrogens is 1. The van der Waals surface area contributed by atoms with Gasteiger partial charge in [-0.1, -0.05) is 36.4 Å². The molecule has 3 amide bonds. The molecular formula is C34H45N5O5S. The molecule has 1 unspecified atom stereocenters. The number of rotatable bonds is 5. The van der Waals surface area contributed by atoms with Crippen molar-refractivity contribution in [3.8, 4) is 22.4 Å². The zero-order valence-electron chi connectivity index (χ0n) is 27.0. The van der Waals surface area contributed by atoms with Crippen LogP contribution in [0.1, 0.15) is 72.7 Å². The fraction of sp³-hybridized carbons (Fsp3) is 0.471. The summed E-state index contributed by atoms with van der Waals surface area (Å²) in [6.45, 7) is 12.6. The predicted molar refractivity (Wildman–Crippen MR) is 179 cm³/mol. The van der Waals surface area contributed by atoms with Crippen LogP contribution in [0.15, 0.2) is 54.7 Å². The third-order valence-electron chi connectivity index (χ3n) is 7.68. The Bertz CT molecular complexity index is 1490. The number of hydrogen-bond donors (Lipinski definition) is 2. The van der Waals surface area contributed by atoms with Crippen LogP contribution in [0.2, 0.25) is 0 Å². The van der Waals surface area contributed by atoms with Crippen molar-refractivity contribution in [3.63, 3.8) is 0 Å². The molecule has 0 radical (unpaired) electrons. The van der Waals surface area contributed by atoms with Gasteiger partial charge in [-0.05, 0) is 89.6 Å². The van der Waals surface area contributed by atoms with Crippen LogP contribution in [0.3, 0.4) is 0 Å². The van der Waals surface area contributed by atoms with E-state index in [4.69, 9.17) is 9.47 Å². The molecule has 0 spiro atoms. The van der Waals surface area contributed by atoms with Crippen LogP contribution < -0.4 is 5.32 Å². The maximum absolute atomic E-state index is 12.9. The fourth-order valence-corrected chi connectivity index (χ4v) is 5.54. The highest BCUT2D eigenvalue weighted by Gasteiger charge is 2.35. The van der Waals surface area contributed by atoms with E-state index in [1.54, 1.807) is 9.80 Å². The van der Waals surface area contributed by atoms with Crippen LogP contribution in [0.25, 0.3) is 22.4 Å². The summed E-state index contributed by atoms with van der Waals surface area (Å²) in [5, 5.41) is 2.99. The zero-order valence-corrected chi connectivity index (χ0v) is 28.0. The number of ether oxygens (including phenoxy) is 2. The summed E-state index contributed by atoms with van der Waals surface area (Å²) in [7, 11) is 0. The number of hydrogen-bond acceptors (Lipinski definition) is 6. The molecule has 3 aromatic rings. The summed E-state index contributed by atoms with van der Waals surface area (Å²) in [5.41, 5.74) is 3.55. The molecule has 0 aliphatic carbocycles. The van der Waals surface area contributed by atoms with E-state index in [2.05, 4.69) is 27.4 Å². The molecule has 2 aromatic carbocycles. The van der Waals surface area contributed by atoms with Crippen molar-refractivity contribution >= 4 is 37.3 Å². The number of aromatic amines is 1. The highest BCUT2D eigenvalue weighted by atomic mass is 32.1. The molecule has 2 aliphatic rings. The van der Waals surface area contributed by atoms with Crippen molar-refractivity contribution in [1.29, 1.82) is 0 Å². The summed E-state index contributed by atoms with van der Waals surface area (Å²) in [5.74, 6) is 0.394. The minimum Gasteiger partial charge on any atom is -0.444 e. The van der Waals surface area contributed by atoms with Gasteiger partial charge in [-0.15, -0.1) is 0 Å². The first-order valence-corrected chi connectivity index (χ1v) is 15.3. The lowest BCUT2D eigenvalue weighted by Gasteiger charge is -2.27. The minimum atomic E-state index is -0.565. The maximum Gasteiger partial charge on any atom is 0.410 e. The average molecular weight is 636 g/mol. The second-order valence-corrected chi connectivity index (χ2v) is 13.6. The summed E-state index contributed by atoms with van der Waals surface area (Å²) in [6, 6.07) is 15.8. The van der Waals surface area contributed by atoms with E-state index < -0.39 is 11.2 Å². The molecule has 2 saturated heterocycles.